The van der Waals surface area contributed by atoms with Gasteiger partial charge in [-0.25, -0.2) is 9.37 Å². The van der Waals surface area contributed by atoms with Gasteiger partial charge in [-0.05, 0) is 54.7 Å². The van der Waals surface area contributed by atoms with E-state index in [1.807, 2.05) is 6.92 Å². The average molecular weight is 483 g/mol. The number of tetrazole rings is 1. The van der Waals surface area contributed by atoms with E-state index in [0.717, 1.165) is 5.56 Å². The number of nitrogen functional groups attached to an aromatic ring is 1. The Morgan fingerprint density at radius 3 is 2.54 bits per heavy atom. The molecule has 2 N–H and O–H groups in total. The van der Waals surface area contributed by atoms with E-state index in [2.05, 4.69) is 20.4 Å². The van der Waals surface area contributed by atoms with Gasteiger partial charge in [-0.1, -0.05) is 24.2 Å². The van der Waals surface area contributed by atoms with E-state index in [0.29, 0.717) is 46.9 Å². The van der Waals surface area contributed by atoms with Crippen molar-refractivity contribution in [3.63, 3.8) is 0 Å². The molecule has 0 aliphatic carbocycles. The number of oxazole rings is 1. The van der Waals surface area contributed by atoms with Gasteiger partial charge in [0.25, 0.3) is 5.95 Å². The summed E-state index contributed by atoms with van der Waals surface area (Å²) in [7, 11) is 0. The lowest BCUT2D eigenvalue weighted by Gasteiger charge is -2.18. The third-order valence-electron chi connectivity index (χ3n) is 5.70. The molecule has 2 aromatic heterocycles. The highest BCUT2D eigenvalue weighted by molar-refractivity contribution is 6.05. The van der Waals surface area contributed by atoms with Crippen LogP contribution < -0.4 is 15.2 Å². The standard InChI is InChI=1S/C24H27FN6O4/c1-13(17-5-7-18(25)8-6-17)9-11-33-23-21(34-12-10-31-29-24(26)28-30-31)19(15(3)32)14(2)20-22(23)35-16(4)27-20/h5-8,13H,9-12H2,1-4H3,(H2,26,29). The molecule has 184 valence electrons. The molecule has 1 unspecified atom stereocenters. The van der Waals surface area contributed by atoms with Crippen LogP contribution in [-0.4, -0.2) is 44.2 Å². The second kappa shape index (κ2) is 10.1. The highest BCUT2D eigenvalue weighted by Gasteiger charge is 2.26. The molecule has 0 amide bonds. The van der Waals surface area contributed by atoms with Crippen LogP contribution in [-0.2, 0) is 6.54 Å². The molecule has 0 spiro atoms. The molecular formula is C24H27FN6O4. The number of benzene rings is 2. The Balaban J connectivity index is 1.62. The summed E-state index contributed by atoms with van der Waals surface area (Å²) in [6.45, 7) is 7.74. The number of aryl methyl sites for hydroxylation is 2. The summed E-state index contributed by atoms with van der Waals surface area (Å²) in [5, 5.41) is 11.4. The molecule has 2 heterocycles. The molecule has 0 saturated carbocycles. The van der Waals surface area contributed by atoms with Crippen LogP contribution in [0.25, 0.3) is 11.1 Å². The lowest BCUT2D eigenvalue weighted by atomic mass is 9.98. The first-order valence-corrected chi connectivity index (χ1v) is 11.2. The zero-order chi connectivity index (χ0) is 25.1. The van der Waals surface area contributed by atoms with Gasteiger partial charge >= 0.3 is 0 Å². The molecule has 4 rings (SSSR count). The minimum atomic E-state index is -0.276. The quantitative estimate of drug-likeness (QED) is 0.333. The van der Waals surface area contributed by atoms with Gasteiger partial charge in [0.15, 0.2) is 17.4 Å². The van der Waals surface area contributed by atoms with Crippen LogP contribution in [0.15, 0.2) is 28.7 Å². The van der Waals surface area contributed by atoms with E-state index in [1.54, 1.807) is 26.0 Å². The van der Waals surface area contributed by atoms with Gasteiger partial charge in [-0.15, -0.1) is 5.10 Å². The highest BCUT2D eigenvalue weighted by atomic mass is 19.1. The predicted molar refractivity (Wildman–Crippen MR) is 126 cm³/mol. The fourth-order valence-electron chi connectivity index (χ4n) is 3.91. The molecule has 1 atom stereocenters. The van der Waals surface area contributed by atoms with Crippen LogP contribution in [0.4, 0.5) is 10.3 Å². The van der Waals surface area contributed by atoms with Gasteiger partial charge in [-0.3, -0.25) is 4.79 Å². The number of carbonyl (C=O) groups is 1. The minimum absolute atomic E-state index is 0.0584. The van der Waals surface area contributed by atoms with Crippen molar-refractivity contribution in [1.82, 2.24) is 25.2 Å². The first-order chi connectivity index (χ1) is 16.7. The molecular weight excluding hydrogens is 455 g/mol. The largest absolute Gasteiger partial charge is 0.487 e. The number of ether oxygens (including phenoxy) is 2. The second-order valence-electron chi connectivity index (χ2n) is 8.31. The zero-order valence-corrected chi connectivity index (χ0v) is 20.0. The molecule has 11 heteroatoms. The number of carbonyl (C=O) groups excluding carboxylic acids is 1. The van der Waals surface area contributed by atoms with E-state index in [9.17, 15) is 9.18 Å². The molecule has 0 aliphatic heterocycles. The summed E-state index contributed by atoms with van der Waals surface area (Å²) >= 11 is 0. The first-order valence-electron chi connectivity index (χ1n) is 11.2. The van der Waals surface area contributed by atoms with Crippen molar-refractivity contribution in [3.05, 3.63) is 52.7 Å². The number of anilines is 1. The van der Waals surface area contributed by atoms with E-state index >= 15 is 0 Å². The monoisotopic (exact) mass is 482 g/mol. The topological polar surface area (TPSA) is 131 Å². The summed E-state index contributed by atoms with van der Waals surface area (Å²) in [5.41, 5.74) is 8.50. The molecule has 0 aliphatic rings. The normalized spacial score (nSPS) is 12.1. The van der Waals surface area contributed by atoms with Gasteiger partial charge in [0.05, 0.1) is 18.7 Å². The number of nitrogens with two attached hydrogens (primary N) is 1. The number of hydrogen-bond donors (Lipinski definition) is 1. The Kier molecular flexibility index (Phi) is 6.94. The Hall–Kier alpha value is -4.02. The van der Waals surface area contributed by atoms with Crippen molar-refractivity contribution in [1.29, 1.82) is 0 Å². The molecule has 0 fully saturated rings. The molecule has 4 aromatic rings. The SMILES string of the molecule is CC(=O)c1c(OCCn2nnc(N)n2)c(OCCC(C)c2ccc(F)cc2)c2oc(C)nc2c1C. The Labute approximate surface area is 201 Å². The lowest BCUT2D eigenvalue weighted by Crippen LogP contribution is -2.14. The lowest BCUT2D eigenvalue weighted by molar-refractivity contribution is 0.101. The Morgan fingerprint density at radius 2 is 1.89 bits per heavy atom. The van der Waals surface area contributed by atoms with Gasteiger partial charge in [0.2, 0.25) is 11.3 Å². The van der Waals surface area contributed by atoms with Crippen LogP contribution >= 0.6 is 0 Å². The van der Waals surface area contributed by atoms with Crippen LogP contribution in [0.1, 0.15) is 53.6 Å². The predicted octanol–water partition coefficient (Wildman–Crippen LogP) is 4.01. The summed E-state index contributed by atoms with van der Waals surface area (Å²) in [5.74, 6) is 0.753. The summed E-state index contributed by atoms with van der Waals surface area (Å²) < 4.78 is 31.3. The number of aromatic nitrogens is 5. The maximum absolute atomic E-state index is 13.3. The second-order valence-corrected chi connectivity index (χ2v) is 8.31. The number of halogens is 1. The molecule has 0 saturated heterocycles. The number of ketones is 1. The fourth-order valence-corrected chi connectivity index (χ4v) is 3.91. The van der Waals surface area contributed by atoms with Crippen molar-refractivity contribution < 1.29 is 23.1 Å². The van der Waals surface area contributed by atoms with Crippen molar-refractivity contribution in [2.75, 3.05) is 18.9 Å². The number of hydrogen-bond acceptors (Lipinski definition) is 9. The minimum Gasteiger partial charge on any atom is -0.487 e. The van der Waals surface area contributed by atoms with Gasteiger partial charge in [-0.2, -0.15) is 4.80 Å². The maximum Gasteiger partial charge on any atom is 0.260 e. The molecule has 0 bridgehead atoms. The van der Waals surface area contributed by atoms with Crippen molar-refractivity contribution >= 4 is 22.8 Å². The highest BCUT2D eigenvalue weighted by Crippen LogP contribution is 2.42. The van der Waals surface area contributed by atoms with E-state index in [4.69, 9.17) is 19.6 Å². The van der Waals surface area contributed by atoms with Crippen LogP contribution in [0.3, 0.4) is 0 Å². The maximum atomic E-state index is 13.3. The van der Waals surface area contributed by atoms with E-state index in [1.165, 1.54) is 23.9 Å². The summed E-state index contributed by atoms with van der Waals surface area (Å²) in [6.07, 6.45) is 0.644. The van der Waals surface area contributed by atoms with Gasteiger partial charge in [0.1, 0.15) is 17.9 Å². The van der Waals surface area contributed by atoms with Crippen molar-refractivity contribution in [2.24, 2.45) is 0 Å². The van der Waals surface area contributed by atoms with Crippen molar-refractivity contribution in [3.8, 4) is 11.5 Å². The first kappa shape index (κ1) is 24.1. The van der Waals surface area contributed by atoms with Gasteiger partial charge < -0.3 is 19.6 Å². The molecule has 35 heavy (non-hydrogen) atoms. The number of nitrogens with zero attached hydrogens (tertiary/aromatic N) is 5. The Morgan fingerprint density at radius 1 is 1.17 bits per heavy atom. The van der Waals surface area contributed by atoms with E-state index in [-0.39, 0.29) is 42.4 Å². The number of fused-ring (bicyclic) bond motifs is 1. The van der Waals surface area contributed by atoms with Crippen molar-refractivity contribution in [2.45, 2.75) is 46.6 Å². The smallest absolute Gasteiger partial charge is 0.260 e. The number of Topliss-reactive ketones (excluding diaryl/α,β-unsaturated/α-hetero) is 1. The average Bonchev–Trinajstić information content (AvgIpc) is 3.41. The number of rotatable bonds is 10. The summed E-state index contributed by atoms with van der Waals surface area (Å²) in [4.78, 5) is 18.4. The van der Waals surface area contributed by atoms with E-state index < -0.39 is 0 Å². The van der Waals surface area contributed by atoms with Crippen LogP contribution in [0.2, 0.25) is 0 Å². The van der Waals surface area contributed by atoms with Crippen LogP contribution in [0.5, 0.6) is 11.5 Å². The molecule has 0 radical (unpaired) electrons. The summed E-state index contributed by atoms with van der Waals surface area (Å²) in [6, 6.07) is 6.40. The third kappa shape index (κ3) is 5.23. The molecule has 10 nitrogen and oxygen atoms in total. The third-order valence-corrected chi connectivity index (χ3v) is 5.70. The van der Waals surface area contributed by atoms with Gasteiger partial charge in [0, 0.05) is 6.92 Å². The van der Waals surface area contributed by atoms with Crippen LogP contribution in [0, 0.1) is 19.7 Å². The Bertz CT molecular complexity index is 1350. The fraction of sp³-hybridized carbons (Fsp3) is 0.375. The zero-order valence-electron chi connectivity index (χ0n) is 20.0. The molecule has 2 aromatic carbocycles.